The number of amides is 1. The fourth-order valence-electron chi connectivity index (χ4n) is 1.90. The van der Waals surface area contributed by atoms with Gasteiger partial charge in [-0.1, -0.05) is 0 Å². The molecule has 0 aliphatic carbocycles. The first-order chi connectivity index (χ1) is 8.58. The van der Waals surface area contributed by atoms with Gasteiger partial charge in [0.1, 0.15) is 0 Å². The molecule has 0 bridgehead atoms. The van der Waals surface area contributed by atoms with E-state index in [9.17, 15) is 13.6 Å². The van der Waals surface area contributed by atoms with Crippen LogP contribution in [0.25, 0.3) is 0 Å². The maximum atomic E-state index is 12.5. The van der Waals surface area contributed by atoms with Gasteiger partial charge in [-0.3, -0.25) is 4.79 Å². The molecule has 2 rings (SSSR count). The van der Waals surface area contributed by atoms with Crippen molar-refractivity contribution in [2.75, 3.05) is 13.2 Å². The Balaban J connectivity index is 1.93. The molecular formula is C11H15F2N3O2. The summed E-state index contributed by atoms with van der Waals surface area (Å²) in [6, 6.07) is 1.34. The van der Waals surface area contributed by atoms with Gasteiger partial charge in [-0.05, 0) is 25.8 Å². The minimum Gasteiger partial charge on any atom is -0.376 e. The Morgan fingerprint density at radius 1 is 1.72 bits per heavy atom. The van der Waals surface area contributed by atoms with Crippen molar-refractivity contribution in [3.63, 3.8) is 0 Å². The molecule has 0 saturated carbocycles. The molecule has 1 aromatic heterocycles. The number of aryl methyl sites for hydroxylation is 1. The molecule has 1 aliphatic heterocycles. The Bertz CT molecular complexity index is 428. The van der Waals surface area contributed by atoms with Crippen molar-refractivity contribution in [2.24, 2.45) is 0 Å². The molecule has 2 heterocycles. The molecule has 7 heteroatoms. The molecule has 1 atom stereocenters. The Kier molecular flexibility index (Phi) is 3.90. The maximum absolute atomic E-state index is 12.5. The summed E-state index contributed by atoms with van der Waals surface area (Å²) in [4.78, 5) is 11.7. The molecule has 1 saturated heterocycles. The summed E-state index contributed by atoms with van der Waals surface area (Å²) in [5.74, 6) is -0.451. The first-order valence-corrected chi connectivity index (χ1v) is 5.82. The van der Waals surface area contributed by atoms with E-state index >= 15 is 0 Å². The van der Waals surface area contributed by atoms with Crippen LogP contribution in [0, 0.1) is 6.92 Å². The van der Waals surface area contributed by atoms with Crippen LogP contribution in [0.3, 0.4) is 0 Å². The van der Waals surface area contributed by atoms with Crippen molar-refractivity contribution in [3.05, 3.63) is 17.5 Å². The van der Waals surface area contributed by atoms with Gasteiger partial charge in [0, 0.05) is 18.8 Å². The highest BCUT2D eigenvalue weighted by molar-refractivity contribution is 5.92. The Morgan fingerprint density at radius 2 is 2.50 bits per heavy atom. The predicted molar refractivity (Wildman–Crippen MR) is 59.5 cm³/mol. The topological polar surface area (TPSA) is 56.1 Å². The van der Waals surface area contributed by atoms with Crippen LogP contribution in [0.5, 0.6) is 0 Å². The van der Waals surface area contributed by atoms with E-state index in [0.29, 0.717) is 17.8 Å². The Hall–Kier alpha value is -1.50. The largest absolute Gasteiger partial charge is 0.376 e. The van der Waals surface area contributed by atoms with Crippen molar-refractivity contribution in [1.82, 2.24) is 15.1 Å². The van der Waals surface area contributed by atoms with Crippen LogP contribution in [-0.4, -0.2) is 34.9 Å². The minimum atomic E-state index is -2.73. The highest BCUT2D eigenvalue weighted by Gasteiger charge is 2.19. The first kappa shape index (κ1) is 12.9. The Morgan fingerprint density at radius 3 is 3.06 bits per heavy atom. The van der Waals surface area contributed by atoms with Gasteiger partial charge in [-0.2, -0.15) is 13.9 Å². The molecule has 1 amide bonds. The van der Waals surface area contributed by atoms with E-state index in [0.717, 1.165) is 12.8 Å². The molecule has 0 radical (unpaired) electrons. The monoisotopic (exact) mass is 259 g/mol. The van der Waals surface area contributed by atoms with E-state index in [1.54, 1.807) is 0 Å². The summed E-state index contributed by atoms with van der Waals surface area (Å²) in [5, 5.41) is 6.20. The number of carbonyl (C=O) groups excluding carboxylic acids is 1. The van der Waals surface area contributed by atoms with Gasteiger partial charge < -0.3 is 10.1 Å². The number of ether oxygens (including phenoxy) is 1. The number of hydrogen-bond acceptors (Lipinski definition) is 3. The maximum Gasteiger partial charge on any atom is 0.333 e. The van der Waals surface area contributed by atoms with Crippen LogP contribution in [-0.2, 0) is 4.74 Å². The van der Waals surface area contributed by atoms with Crippen molar-refractivity contribution >= 4 is 5.91 Å². The third-order valence-electron chi connectivity index (χ3n) is 2.85. The summed E-state index contributed by atoms with van der Waals surface area (Å²) in [7, 11) is 0. The van der Waals surface area contributed by atoms with Crippen LogP contribution < -0.4 is 5.32 Å². The van der Waals surface area contributed by atoms with Crippen LogP contribution >= 0.6 is 0 Å². The van der Waals surface area contributed by atoms with Gasteiger partial charge in [0.05, 0.1) is 6.10 Å². The number of carbonyl (C=O) groups is 1. The Labute approximate surface area is 103 Å². The van der Waals surface area contributed by atoms with Crippen LogP contribution in [0.4, 0.5) is 8.78 Å². The molecular weight excluding hydrogens is 244 g/mol. The van der Waals surface area contributed by atoms with E-state index in [-0.39, 0.29) is 17.5 Å². The molecule has 5 nitrogen and oxygen atoms in total. The fraction of sp³-hybridized carbons (Fsp3) is 0.636. The van der Waals surface area contributed by atoms with E-state index in [1.807, 2.05) is 0 Å². The van der Waals surface area contributed by atoms with Gasteiger partial charge >= 0.3 is 6.55 Å². The van der Waals surface area contributed by atoms with E-state index in [2.05, 4.69) is 10.4 Å². The van der Waals surface area contributed by atoms with E-state index in [1.165, 1.54) is 13.0 Å². The predicted octanol–water partition coefficient (Wildman–Crippen LogP) is 1.50. The molecule has 18 heavy (non-hydrogen) atoms. The summed E-state index contributed by atoms with van der Waals surface area (Å²) in [6.07, 6.45) is 1.91. The molecule has 1 aliphatic rings. The number of nitrogens with zero attached hydrogens (tertiary/aromatic N) is 2. The van der Waals surface area contributed by atoms with Crippen LogP contribution in [0.2, 0.25) is 0 Å². The zero-order valence-electron chi connectivity index (χ0n) is 10.0. The first-order valence-electron chi connectivity index (χ1n) is 5.82. The lowest BCUT2D eigenvalue weighted by molar-refractivity contribution is 0.0537. The molecule has 100 valence electrons. The highest BCUT2D eigenvalue weighted by atomic mass is 19.3. The summed E-state index contributed by atoms with van der Waals surface area (Å²) < 4.78 is 30.8. The van der Waals surface area contributed by atoms with Gasteiger partial charge in [-0.15, -0.1) is 0 Å². The van der Waals surface area contributed by atoms with E-state index < -0.39 is 12.5 Å². The molecule has 1 fully saturated rings. The lowest BCUT2D eigenvalue weighted by atomic mass is 10.2. The van der Waals surface area contributed by atoms with Gasteiger partial charge in [0.2, 0.25) is 0 Å². The highest BCUT2D eigenvalue weighted by Crippen LogP contribution is 2.14. The second-order valence-electron chi connectivity index (χ2n) is 4.24. The fourth-order valence-corrected chi connectivity index (χ4v) is 1.90. The summed E-state index contributed by atoms with van der Waals surface area (Å²) in [5.41, 5.74) is 0.262. The number of nitrogens with one attached hydrogen (secondary N) is 1. The standard InChI is InChI=1S/C11H15F2N3O2/c1-7-5-9(15-16(7)11(12)13)10(17)14-6-8-3-2-4-18-8/h5,8,11H,2-4,6H2,1H3,(H,14,17)/t8-/m0/s1. The van der Waals surface area contributed by atoms with Gasteiger partial charge in [0.15, 0.2) is 5.69 Å². The molecule has 1 N–H and O–H groups in total. The zero-order chi connectivity index (χ0) is 13.1. The molecule has 0 unspecified atom stereocenters. The smallest absolute Gasteiger partial charge is 0.333 e. The van der Waals surface area contributed by atoms with Gasteiger partial charge in [-0.25, -0.2) is 4.68 Å². The number of alkyl halides is 2. The second kappa shape index (κ2) is 5.43. The van der Waals surface area contributed by atoms with Gasteiger partial charge in [0.25, 0.3) is 5.91 Å². The number of hydrogen-bond donors (Lipinski definition) is 1. The quantitative estimate of drug-likeness (QED) is 0.891. The third kappa shape index (κ3) is 2.84. The molecule has 0 spiro atoms. The van der Waals surface area contributed by atoms with E-state index in [4.69, 9.17) is 4.74 Å². The van der Waals surface area contributed by atoms with Crippen molar-refractivity contribution in [2.45, 2.75) is 32.4 Å². The lowest BCUT2D eigenvalue weighted by Crippen LogP contribution is -2.32. The zero-order valence-corrected chi connectivity index (χ0v) is 10.0. The third-order valence-corrected chi connectivity index (χ3v) is 2.85. The molecule has 1 aromatic rings. The van der Waals surface area contributed by atoms with Crippen LogP contribution in [0.15, 0.2) is 6.07 Å². The van der Waals surface area contributed by atoms with Crippen molar-refractivity contribution in [1.29, 1.82) is 0 Å². The summed E-state index contributed by atoms with van der Waals surface area (Å²) >= 11 is 0. The minimum absolute atomic E-state index is 0.00537. The normalized spacial score (nSPS) is 19.4. The summed E-state index contributed by atoms with van der Waals surface area (Å²) in [6.45, 7) is -0.153. The molecule has 0 aromatic carbocycles. The number of halogens is 2. The van der Waals surface area contributed by atoms with Crippen molar-refractivity contribution < 1.29 is 18.3 Å². The number of rotatable bonds is 4. The number of aromatic nitrogens is 2. The lowest BCUT2D eigenvalue weighted by Gasteiger charge is -2.09. The average Bonchev–Trinajstić information content (AvgIpc) is 2.94. The SMILES string of the molecule is Cc1cc(C(=O)NC[C@@H]2CCCO2)nn1C(F)F. The second-order valence-corrected chi connectivity index (χ2v) is 4.24. The average molecular weight is 259 g/mol. The van der Waals surface area contributed by atoms with Crippen LogP contribution in [0.1, 0.15) is 35.6 Å². The van der Waals surface area contributed by atoms with Crippen molar-refractivity contribution in [3.8, 4) is 0 Å².